The van der Waals surface area contributed by atoms with E-state index in [1.165, 1.54) is 18.2 Å². The number of halogens is 2. The lowest BCUT2D eigenvalue weighted by Crippen LogP contribution is -2.39. The lowest BCUT2D eigenvalue weighted by Gasteiger charge is -2.29. The van der Waals surface area contributed by atoms with Gasteiger partial charge in [0.2, 0.25) is 0 Å². The van der Waals surface area contributed by atoms with Crippen molar-refractivity contribution in [2.75, 3.05) is 0 Å². The fourth-order valence-electron chi connectivity index (χ4n) is 3.53. The fourth-order valence-corrected chi connectivity index (χ4v) is 5.67. The molecule has 1 aliphatic heterocycles. The van der Waals surface area contributed by atoms with E-state index in [2.05, 4.69) is 15.9 Å². The highest BCUT2D eigenvalue weighted by Gasteiger charge is 2.37. The first-order valence-corrected chi connectivity index (χ1v) is 11.2. The minimum atomic E-state index is -0.00322. The lowest BCUT2D eigenvalue weighted by molar-refractivity contribution is -0.124. The molecule has 1 saturated carbocycles. The first-order valence-electron chi connectivity index (χ1n) is 8.85. The molecule has 0 radical (unpaired) electrons. The van der Waals surface area contributed by atoms with Gasteiger partial charge in [0.25, 0.3) is 5.91 Å². The van der Waals surface area contributed by atoms with Gasteiger partial charge in [-0.25, -0.2) is 0 Å². The summed E-state index contributed by atoms with van der Waals surface area (Å²) in [7, 11) is 0. The van der Waals surface area contributed by atoms with Crippen molar-refractivity contribution in [2.24, 2.45) is 0 Å². The molecule has 0 atom stereocenters. The minimum absolute atomic E-state index is 0.00322. The number of carbonyl (C=O) groups is 1. The van der Waals surface area contributed by atoms with Crippen LogP contribution in [0.1, 0.15) is 37.9 Å². The molecule has 7 heteroatoms. The highest BCUT2D eigenvalue weighted by molar-refractivity contribution is 9.10. The summed E-state index contributed by atoms with van der Waals surface area (Å²) in [5, 5.41) is 0.605. The van der Waals surface area contributed by atoms with Crippen molar-refractivity contribution in [2.45, 2.75) is 38.1 Å². The standard InChI is InChI=1S/C20H17BrClNO2S2/c21-12-6-8-15(16(22)10-12)17-9-7-14(25-17)11-18-19(24)23(20(26)27-18)13-4-2-1-3-5-13/h6-11,13H,1-5H2. The van der Waals surface area contributed by atoms with Gasteiger partial charge in [0.05, 0.1) is 9.93 Å². The van der Waals surface area contributed by atoms with Crippen molar-refractivity contribution in [3.63, 3.8) is 0 Å². The Morgan fingerprint density at radius 1 is 1.22 bits per heavy atom. The van der Waals surface area contributed by atoms with Gasteiger partial charge in [-0.15, -0.1) is 0 Å². The molecule has 3 nitrogen and oxygen atoms in total. The fraction of sp³-hybridized carbons (Fsp3) is 0.300. The van der Waals surface area contributed by atoms with E-state index < -0.39 is 0 Å². The normalized spacial score (nSPS) is 20.1. The average molecular weight is 483 g/mol. The van der Waals surface area contributed by atoms with Gasteiger partial charge in [0.1, 0.15) is 15.8 Å². The van der Waals surface area contributed by atoms with Gasteiger partial charge in [-0.3, -0.25) is 9.69 Å². The van der Waals surface area contributed by atoms with Gasteiger partial charge in [0.15, 0.2) is 0 Å². The maximum atomic E-state index is 12.9. The monoisotopic (exact) mass is 481 g/mol. The molecule has 1 aromatic heterocycles. The average Bonchev–Trinajstić information content (AvgIpc) is 3.21. The summed E-state index contributed by atoms with van der Waals surface area (Å²) in [5.74, 6) is 1.28. The van der Waals surface area contributed by atoms with Crippen LogP contribution in [-0.2, 0) is 4.79 Å². The van der Waals surface area contributed by atoms with Crippen LogP contribution in [0.15, 0.2) is 44.1 Å². The summed E-state index contributed by atoms with van der Waals surface area (Å²) in [6, 6.07) is 9.60. The lowest BCUT2D eigenvalue weighted by atomic mass is 9.94. The summed E-state index contributed by atoms with van der Waals surface area (Å²) in [5.41, 5.74) is 0.814. The number of nitrogens with zero attached hydrogens (tertiary/aromatic N) is 1. The quantitative estimate of drug-likeness (QED) is 0.352. The van der Waals surface area contributed by atoms with E-state index in [0.717, 1.165) is 35.7 Å². The van der Waals surface area contributed by atoms with Crippen LogP contribution in [-0.4, -0.2) is 21.2 Å². The van der Waals surface area contributed by atoms with Gasteiger partial charge in [-0.2, -0.15) is 0 Å². The van der Waals surface area contributed by atoms with Crippen molar-refractivity contribution in [3.8, 4) is 11.3 Å². The molecule has 1 aliphatic carbocycles. The number of carbonyl (C=O) groups excluding carboxylic acids is 1. The Morgan fingerprint density at radius 2 is 2.00 bits per heavy atom. The first kappa shape index (κ1) is 19.2. The molecule has 1 aromatic carbocycles. The highest BCUT2D eigenvalue weighted by atomic mass is 79.9. The number of rotatable bonds is 3. The van der Waals surface area contributed by atoms with Crippen molar-refractivity contribution < 1.29 is 9.21 Å². The topological polar surface area (TPSA) is 33.5 Å². The number of thioether (sulfide) groups is 1. The summed E-state index contributed by atoms with van der Waals surface area (Å²) in [4.78, 5) is 15.3. The molecule has 4 rings (SSSR count). The van der Waals surface area contributed by atoms with Crippen molar-refractivity contribution >= 4 is 67.8 Å². The SMILES string of the molecule is O=C1C(=Cc2ccc(-c3ccc(Br)cc3Cl)o2)SC(=S)N1C1CCCCC1. The maximum absolute atomic E-state index is 12.9. The molecular formula is C20H17BrClNO2S2. The molecule has 1 amide bonds. The predicted molar refractivity (Wildman–Crippen MR) is 119 cm³/mol. The molecule has 2 aliphatic rings. The van der Waals surface area contributed by atoms with Crippen LogP contribution in [0, 0.1) is 0 Å². The molecule has 27 heavy (non-hydrogen) atoms. The van der Waals surface area contributed by atoms with E-state index in [0.29, 0.717) is 25.8 Å². The molecule has 0 N–H and O–H groups in total. The maximum Gasteiger partial charge on any atom is 0.266 e. The van der Waals surface area contributed by atoms with Crippen molar-refractivity contribution in [3.05, 3.63) is 50.5 Å². The third kappa shape index (κ3) is 4.04. The second-order valence-corrected chi connectivity index (χ2v) is 9.67. The van der Waals surface area contributed by atoms with Crippen LogP contribution >= 0.6 is 51.5 Å². The number of amides is 1. The smallest absolute Gasteiger partial charge is 0.266 e. The van der Waals surface area contributed by atoms with Gasteiger partial charge >= 0.3 is 0 Å². The zero-order valence-electron chi connectivity index (χ0n) is 14.4. The third-order valence-electron chi connectivity index (χ3n) is 4.86. The van der Waals surface area contributed by atoms with Gasteiger partial charge in [-0.1, -0.05) is 70.8 Å². The van der Waals surface area contributed by atoms with Crippen LogP contribution < -0.4 is 0 Å². The molecule has 1 saturated heterocycles. The van der Waals surface area contributed by atoms with Crippen LogP contribution in [0.4, 0.5) is 0 Å². The summed E-state index contributed by atoms with van der Waals surface area (Å²) >= 11 is 16.5. The van der Waals surface area contributed by atoms with Crippen molar-refractivity contribution in [1.29, 1.82) is 0 Å². The van der Waals surface area contributed by atoms with E-state index in [1.54, 1.807) is 11.0 Å². The van der Waals surface area contributed by atoms with Gasteiger partial charge in [0, 0.05) is 22.2 Å². The summed E-state index contributed by atoms with van der Waals surface area (Å²) in [6.07, 6.45) is 7.42. The van der Waals surface area contributed by atoms with E-state index in [4.69, 9.17) is 28.2 Å². The predicted octanol–water partition coefficient (Wildman–Crippen LogP) is 6.90. The zero-order valence-corrected chi connectivity index (χ0v) is 18.4. The zero-order chi connectivity index (χ0) is 19.0. The second-order valence-electron chi connectivity index (χ2n) is 6.67. The van der Waals surface area contributed by atoms with Crippen LogP contribution in [0.3, 0.4) is 0 Å². The Kier molecular flexibility index (Phi) is 5.78. The van der Waals surface area contributed by atoms with E-state index in [9.17, 15) is 4.79 Å². The number of benzene rings is 1. The van der Waals surface area contributed by atoms with E-state index in [-0.39, 0.29) is 11.9 Å². The molecule has 0 spiro atoms. The Balaban J connectivity index is 1.56. The summed E-state index contributed by atoms with van der Waals surface area (Å²) < 4.78 is 7.48. The molecule has 2 fully saturated rings. The Morgan fingerprint density at radius 3 is 2.74 bits per heavy atom. The Labute approximate surface area is 181 Å². The molecule has 2 aromatic rings. The van der Waals surface area contributed by atoms with E-state index in [1.807, 2.05) is 30.3 Å². The third-order valence-corrected chi connectivity index (χ3v) is 7.00. The summed E-state index contributed by atoms with van der Waals surface area (Å²) in [6.45, 7) is 0. The number of thiocarbonyl (C=S) groups is 1. The van der Waals surface area contributed by atoms with Crippen LogP contribution in [0.5, 0.6) is 0 Å². The first-order chi connectivity index (χ1) is 13.0. The minimum Gasteiger partial charge on any atom is -0.457 e. The Bertz CT molecular complexity index is 934. The largest absolute Gasteiger partial charge is 0.457 e. The number of furan rings is 1. The molecule has 0 bridgehead atoms. The number of hydrogen-bond acceptors (Lipinski definition) is 4. The molecule has 0 unspecified atom stereocenters. The molecule has 2 heterocycles. The van der Waals surface area contributed by atoms with Gasteiger partial charge in [-0.05, 0) is 43.2 Å². The van der Waals surface area contributed by atoms with Gasteiger partial charge < -0.3 is 4.42 Å². The van der Waals surface area contributed by atoms with Crippen LogP contribution in [0.2, 0.25) is 5.02 Å². The number of hydrogen-bond donors (Lipinski definition) is 0. The van der Waals surface area contributed by atoms with Crippen molar-refractivity contribution in [1.82, 2.24) is 4.90 Å². The Hall–Kier alpha value is -1.08. The molecule has 140 valence electrons. The second kappa shape index (κ2) is 8.11. The van der Waals surface area contributed by atoms with Crippen LogP contribution in [0.25, 0.3) is 17.4 Å². The molecular weight excluding hydrogens is 466 g/mol. The van der Waals surface area contributed by atoms with E-state index >= 15 is 0 Å². The highest BCUT2D eigenvalue weighted by Crippen LogP contribution is 2.38.